The molecular formula is C19H14F3NO2S2. The van der Waals surface area contributed by atoms with Crippen molar-refractivity contribution in [2.45, 2.75) is 12.7 Å². The molecule has 1 fully saturated rings. The van der Waals surface area contributed by atoms with Gasteiger partial charge in [0.15, 0.2) is 0 Å². The Morgan fingerprint density at radius 3 is 2.30 bits per heavy atom. The highest BCUT2D eigenvalue weighted by atomic mass is 32.2. The molecule has 8 heteroatoms. The summed E-state index contributed by atoms with van der Waals surface area (Å²) in [6, 6.07) is 11.9. The van der Waals surface area contributed by atoms with Gasteiger partial charge in [0.05, 0.1) is 24.1 Å². The molecule has 2 aromatic carbocycles. The molecule has 0 N–H and O–H groups in total. The van der Waals surface area contributed by atoms with Gasteiger partial charge in [-0.2, -0.15) is 13.2 Å². The van der Waals surface area contributed by atoms with E-state index in [0.29, 0.717) is 27.1 Å². The lowest BCUT2D eigenvalue weighted by Gasteiger charge is -2.14. The highest BCUT2D eigenvalue weighted by molar-refractivity contribution is 8.26. The Balaban J connectivity index is 1.75. The molecule has 0 spiro atoms. The van der Waals surface area contributed by atoms with Gasteiger partial charge in [-0.1, -0.05) is 48.2 Å². The number of carbonyl (C=O) groups is 1. The monoisotopic (exact) mass is 409 g/mol. The topological polar surface area (TPSA) is 29.5 Å². The molecule has 1 amide bonds. The normalized spacial score (nSPS) is 16.3. The number of carbonyl (C=O) groups excluding carboxylic acids is 1. The Morgan fingerprint density at radius 2 is 1.74 bits per heavy atom. The summed E-state index contributed by atoms with van der Waals surface area (Å²) in [6.07, 6.45) is -2.84. The van der Waals surface area contributed by atoms with Crippen LogP contribution >= 0.6 is 24.0 Å². The number of hydrogen-bond acceptors (Lipinski definition) is 4. The fourth-order valence-electron chi connectivity index (χ4n) is 2.47. The van der Waals surface area contributed by atoms with Crippen LogP contribution in [0.25, 0.3) is 6.08 Å². The Hall–Kier alpha value is -2.32. The van der Waals surface area contributed by atoms with Crippen molar-refractivity contribution in [1.82, 2.24) is 4.90 Å². The number of nitrogens with zero attached hydrogens (tertiary/aromatic N) is 1. The highest BCUT2D eigenvalue weighted by Gasteiger charge is 2.32. The number of halogens is 3. The molecule has 1 aliphatic heterocycles. The highest BCUT2D eigenvalue weighted by Crippen LogP contribution is 2.34. The summed E-state index contributed by atoms with van der Waals surface area (Å²) < 4.78 is 43.4. The van der Waals surface area contributed by atoms with E-state index in [9.17, 15) is 18.0 Å². The first-order chi connectivity index (χ1) is 12.8. The zero-order chi connectivity index (χ0) is 19.6. The van der Waals surface area contributed by atoms with Crippen LogP contribution in [0.4, 0.5) is 13.2 Å². The van der Waals surface area contributed by atoms with E-state index in [-0.39, 0.29) is 5.91 Å². The zero-order valence-electron chi connectivity index (χ0n) is 14.1. The van der Waals surface area contributed by atoms with Gasteiger partial charge in [0.25, 0.3) is 5.91 Å². The minimum Gasteiger partial charge on any atom is -0.497 e. The Kier molecular flexibility index (Phi) is 5.57. The number of benzene rings is 2. The lowest BCUT2D eigenvalue weighted by atomic mass is 10.1. The average molecular weight is 409 g/mol. The van der Waals surface area contributed by atoms with Crippen LogP contribution in [0.5, 0.6) is 5.75 Å². The molecule has 0 radical (unpaired) electrons. The van der Waals surface area contributed by atoms with Crippen LogP contribution in [0.1, 0.15) is 16.7 Å². The number of ether oxygens (including phenoxy) is 1. The van der Waals surface area contributed by atoms with Crippen LogP contribution in [-0.4, -0.2) is 22.2 Å². The number of thiocarbonyl (C=S) groups is 1. The largest absolute Gasteiger partial charge is 0.497 e. The molecule has 1 aliphatic rings. The first-order valence-electron chi connectivity index (χ1n) is 7.83. The minimum atomic E-state index is -4.39. The zero-order valence-corrected chi connectivity index (χ0v) is 15.8. The van der Waals surface area contributed by atoms with Crippen molar-refractivity contribution in [3.63, 3.8) is 0 Å². The number of hydrogen-bond donors (Lipinski definition) is 0. The van der Waals surface area contributed by atoms with Crippen molar-refractivity contribution in [2.24, 2.45) is 0 Å². The average Bonchev–Trinajstić information content (AvgIpc) is 2.89. The molecule has 1 saturated heterocycles. The molecule has 3 nitrogen and oxygen atoms in total. The third kappa shape index (κ3) is 4.51. The van der Waals surface area contributed by atoms with E-state index in [4.69, 9.17) is 17.0 Å². The number of amides is 1. The van der Waals surface area contributed by atoms with E-state index in [2.05, 4.69) is 0 Å². The summed E-state index contributed by atoms with van der Waals surface area (Å²) in [5.74, 6) is 0.451. The quantitative estimate of drug-likeness (QED) is 0.518. The van der Waals surface area contributed by atoms with Gasteiger partial charge in [0.1, 0.15) is 10.1 Å². The third-order valence-electron chi connectivity index (χ3n) is 3.91. The van der Waals surface area contributed by atoms with Crippen molar-refractivity contribution in [3.05, 3.63) is 70.1 Å². The minimum absolute atomic E-state index is 0.263. The molecule has 140 valence electrons. The van der Waals surface area contributed by atoms with Crippen LogP contribution < -0.4 is 4.74 Å². The van der Waals surface area contributed by atoms with E-state index in [1.165, 1.54) is 17.0 Å². The van der Waals surface area contributed by atoms with Gasteiger partial charge in [0, 0.05) is 0 Å². The fourth-order valence-corrected chi connectivity index (χ4v) is 3.72. The summed E-state index contributed by atoms with van der Waals surface area (Å²) >= 11 is 6.42. The van der Waals surface area contributed by atoms with Crippen molar-refractivity contribution in [2.75, 3.05) is 7.11 Å². The van der Waals surface area contributed by atoms with Gasteiger partial charge >= 0.3 is 6.18 Å². The lowest BCUT2D eigenvalue weighted by Crippen LogP contribution is -2.27. The smallest absolute Gasteiger partial charge is 0.416 e. The lowest BCUT2D eigenvalue weighted by molar-refractivity contribution is -0.137. The second-order valence-corrected chi connectivity index (χ2v) is 7.41. The van der Waals surface area contributed by atoms with Gasteiger partial charge in [0.2, 0.25) is 0 Å². The molecule has 0 aromatic heterocycles. The van der Waals surface area contributed by atoms with E-state index in [0.717, 1.165) is 29.5 Å². The van der Waals surface area contributed by atoms with E-state index >= 15 is 0 Å². The predicted molar refractivity (Wildman–Crippen MR) is 103 cm³/mol. The van der Waals surface area contributed by atoms with Crippen LogP contribution in [-0.2, 0) is 17.5 Å². The van der Waals surface area contributed by atoms with Gasteiger partial charge in [-0.25, -0.2) is 0 Å². The van der Waals surface area contributed by atoms with Crippen molar-refractivity contribution in [3.8, 4) is 5.75 Å². The predicted octanol–water partition coefficient (Wildman–Crippen LogP) is 5.12. The second kappa shape index (κ2) is 7.74. The molecular weight excluding hydrogens is 395 g/mol. The maximum Gasteiger partial charge on any atom is 0.416 e. The maximum absolute atomic E-state index is 12.6. The summed E-state index contributed by atoms with van der Waals surface area (Å²) in [5.41, 5.74) is 0.669. The molecule has 0 unspecified atom stereocenters. The first kappa shape index (κ1) is 19.4. The number of alkyl halides is 3. The van der Waals surface area contributed by atoms with Crippen molar-refractivity contribution >= 4 is 40.3 Å². The van der Waals surface area contributed by atoms with E-state index in [1.54, 1.807) is 25.3 Å². The van der Waals surface area contributed by atoms with E-state index in [1.807, 2.05) is 12.1 Å². The summed E-state index contributed by atoms with van der Waals surface area (Å²) in [6.45, 7) is 0.318. The number of methoxy groups -OCH3 is 1. The molecule has 0 bridgehead atoms. The van der Waals surface area contributed by atoms with Crippen LogP contribution in [0.2, 0.25) is 0 Å². The summed E-state index contributed by atoms with van der Waals surface area (Å²) in [4.78, 5) is 14.5. The van der Waals surface area contributed by atoms with Gasteiger partial charge in [-0.05, 0) is 41.5 Å². The summed E-state index contributed by atoms with van der Waals surface area (Å²) in [5, 5.41) is 0. The first-order valence-corrected chi connectivity index (χ1v) is 9.06. The molecule has 0 atom stereocenters. The van der Waals surface area contributed by atoms with Gasteiger partial charge < -0.3 is 4.74 Å². The van der Waals surface area contributed by atoms with Crippen molar-refractivity contribution < 1.29 is 22.7 Å². The number of rotatable bonds is 4. The van der Waals surface area contributed by atoms with Crippen molar-refractivity contribution in [1.29, 1.82) is 0 Å². The van der Waals surface area contributed by atoms with Gasteiger partial charge in [-0.15, -0.1) is 0 Å². The van der Waals surface area contributed by atoms with Crippen LogP contribution in [0.15, 0.2) is 53.4 Å². The Labute approximate surface area is 163 Å². The standard InChI is InChI=1S/C19H14F3NO2S2/c1-25-15-8-4-13(5-9-15)11-23-17(24)16(27-18(23)26)10-12-2-6-14(7-3-12)19(20,21)22/h2-10H,11H2,1H3. The summed E-state index contributed by atoms with van der Waals surface area (Å²) in [7, 11) is 1.57. The van der Waals surface area contributed by atoms with Crippen LogP contribution in [0, 0.1) is 0 Å². The SMILES string of the molecule is COc1ccc(CN2C(=O)C(=Cc3ccc(C(F)(F)F)cc3)SC2=S)cc1. The number of thioether (sulfide) groups is 1. The fraction of sp³-hybridized carbons (Fsp3) is 0.158. The molecule has 27 heavy (non-hydrogen) atoms. The molecule has 0 saturated carbocycles. The Morgan fingerprint density at radius 1 is 1.11 bits per heavy atom. The van der Waals surface area contributed by atoms with Gasteiger partial charge in [-0.3, -0.25) is 9.69 Å². The molecule has 3 rings (SSSR count). The second-order valence-electron chi connectivity index (χ2n) is 5.74. The van der Waals surface area contributed by atoms with E-state index < -0.39 is 11.7 Å². The Bertz CT molecular complexity index is 891. The van der Waals surface area contributed by atoms with Crippen LogP contribution in [0.3, 0.4) is 0 Å². The molecule has 2 aromatic rings. The molecule has 1 heterocycles. The molecule has 0 aliphatic carbocycles. The maximum atomic E-state index is 12.6. The third-order valence-corrected chi connectivity index (χ3v) is 5.29.